The minimum Gasteiger partial charge on any atom is -0.494 e. The highest BCUT2D eigenvalue weighted by Gasteiger charge is 2.17. The Balaban J connectivity index is 1.71. The Morgan fingerprint density at radius 1 is 1.00 bits per heavy atom. The molecule has 0 aromatic heterocycles. The lowest BCUT2D eigenvalue weighted by Gasteiger charge is -2.14. The van der Waals surface area contributed by atoms with E-state index in [1.54, 1.807) is 0 Å². The highest BCUT2D eigenvalue weighted by molar-refractivity contribution is 5.72. The Hall–Kier alpha value is -2.33. The summed E-state index contributed by atoms with van der Waals surface area (Å²) in [6.07, 6.45) is 0.245. The standard InChI is InChI=1S/C18H20O4/c19-18(20)17(22-14-15-8-3-1-4-9-15)12-7-13-21-16-10-5-2-6-11-16/h1-6,8-11,17H,7,12-14H2,(H,19,20). The zero-order valence-corrected chi connectivity index (χ0v) is 12.4. The molecule has 0 heterocycles. The predicted molar refractivity (Wildman–Crippen MR) is 83.8 cm³/mol. The van der Waals surface area contributed by atoms with Gasteiger partial charge < -0.3 is 14.6 Å². The van der Waals surface area contributed by atoms with Crippen LogP contribution in [0.15, 0.2) is 60.7 Å². The number of carbonyl (C=O) groups is 1. The van der Waals surface area contributed by atoms with E-state index in [9.17, 15) is 9.90 Å². The van der Waals surface area contributed by atoms with Gasteiger partial charge in [0.2, 0.25) is 0 Å². The Morgan fingerprint density at radius 2 is 1.64 bits per heavy atom. The average Bonchev–Trinajstić information content (AvgIpc) is 2.55. The molecule has 2 rings (SSSR count). The van der Waals surface area contributed by atoms with Crippen molar-refractivity contribution in [2.24, 2.45) is 0 Å². The van der Waals surface area contributed by atoms with Crippen molar-refractivity contribution in [1.29, 1.82) is 0 Å². The number of carboxylic acid groups (broad SMARTS) is 1. The van der Waals surface area contributed by atoms with Gasteiger partial charge in [0.15, 0.2) is 6.10 Å². The second-order valence-electron chi connectivity index (χ2n) is 4.93. The van der Waals surface area contributed by atoms with Crippen LogP contribution >= 0.6 is 0 Å². The molecule has 22 heavy (non-hydrogen) atoms. The molecule has 0 aliphatic rings. The van der Waals surface area contributed by atoms with Crippen molar-refractivity contribution in [1.82, 2.24) is 0 Å². The number of para-hydroxylation sites is 1. The van der Waals surface area contributed by atoms with Gasteiger partial charge in [0.25, 0.3) is 0 Å². The molecule has 4 nitrogen and oxygen atoms in total. The zero-order valence-electron chi connectivity index (χ0n) is 12.4. The molecule has 0 fully saturated rings. The molecule has 1 N–H and O–H groups in total. The molecule has 0 bridgehead atoms. The van der Waals surface area contributed by atoms with Gasteiger partial charge in [-0.3, -0.25) is 0 Å². The summed E-state index contributed by atoms with van der Waals surface area (Å²) in [5, 5.41) is 9.20. The summed E-state index contributed by atoms with van der Waals surface area (Å²) in [6.45, 7) is 0.778. The van der Waals surface area contributed by atoms with E-state index in [4.69, 9.17) is 9.47 Å². The fraction of sp³-hybridized carbons (Fsp3) is 0.278. The quantitative estimate of drug-likeness (QED) is 0.720. The molecule has 2 aromatic rings. The molecule has 0 radical (unpaired) electrons. The lowest BCUT2D eigenvalue weighted by Crippen LogP contribution is -2.24. The highest BCUT2D eigenvalue weighted by atomic mass is 16.5. The molecule has 0 aliphatic carbocycles. The average molecular weight is 300 g/mol. The first-order chi connectivity index (χ1) is 10.8. The van der Waals surface area contributed by atoms with Gasteiger partial charge in [-0.15, -0.1) is 0 Å². The van der Waals surface area contributed by atoms with Gasteiger partial charge in [-0.1, -0.05) is 48.5 Å². The van der Waals surface area contributed by atoms with Crippen LogP contribution < -0.4 is 4.74 Å². The fourth-order valence-corrected chi connectivity index (χ4v) is 2.02. The van der Waals surface area contributed by atoms with Crippen molar-refractivity contribution in [3.05, 3.63) is 66.2 Å². The second kappa shape index (κ2) is 8.85. The van der Waals surface area contributed by atoms with Crippen molar-refractivity contribution in [2.45, 2.75) is 25.6 Å². The Morgan fingerprint density at radius 3 is 2.27 bits per heavy atom. The van der Waals surface area contributed by atoms with Crippen LogP contribution in [0.5, 0.6) is 5.75 Å². The van der Waals surface area contributed by atoms with Gasteiger partial charge in [-0.05, 0) is 30.5 Å². The van der Waals surface area contributed by atoms with E-state index in [-0.39, 0.29) is 0 Å². The van der Waals surface area contributed by atoms with Gasteiger partial charge in [0.1, 0.15) is 5.75 Å². The van der Waals surface area contributed by atoms with Crippen LogP contribution in [0.1, 0.15) is 18.4 Å². The third kappa shape index (κ3) is 5.58. The number of carboxylic acids is 1. The van der Waals surface area contributed by atoms with Crippen LogP contribution in [0.4, 0.5) is 0 Å². The van der Waals surface area contributed by atoms with Crippen molar-refractivity contribution in [2.75, 3.05) is 6.61 Å². The summed E-state index contributed by atoms with van der Waals surface area (Å²) in [5.41, 5.74) is 0.967. The molecule has 116 valence electrons. The lowest BCUT2D eigenvalue weighted by molar-refractivity contribution is -0.151. The van der Waals surface area contributed by atoms with E-state index in [1.165, 1.54) is 0 Å². The van der Waals surface area contributed by atoms with Crippen LogP contribution in [0.3, 0.4) is 0 Å². The number of ether oxygens (including phenoxy) is 2. The Labute approximate surface area is 130 Å². The number of hydrogen-bond donors (Lipinski definition) is 1. The van der Waals surface area contributed by atoms with E-state index in [0.29, 0.717) is 26.1 Å². The predicted octanol–water partition coefficient (Wildman–Crippen LogP) is 3.52. The first-order valence-corrected chi connectivity index (χ1v) is 7.32. The second-order valence-corrected chi connectivity index (χ2v) is 4.93. The Bertz CT molecular complexity index is 554. The SMILES string of the molecule is O=C(O)C(CCCOc1ccccc1)OCc1ccccc1. The van der Waals surface area contributed by atoms with Gasteiger partial charge >= 0.3 is 5.97 Å². The Kier molecular flexibility index (Phi) is 6.45. The van der Waals surface area contributed by atoms with Crippen molar-refractivity contribution in [3.63, 3.8) is 0 Å². The molecular formula is C18H20O4. The monoisotopic (exact) mass is 300 g/mol. The van der Waals surface area contributed by atoms with Gasteiger partial charge in [-0.2, -0.15) is 0 Å². The van der Waals surface area contributed by atoms with E-state index in [2.05, 4.69) is 0 Å². The first-order valence-electron chi connectivity index (χ1n) is 7.32. The summed E-state index contributed by atoms with van der Waals surface area (Å²) in [7, 11) is 0. The summed E-state index contributed by atoms with van der Waals surface area (Å²) >= 11 is 0. The highest BCUT2D eigenvalue weighted by Crippen LogP contribution is 2.11. The molecule has 4 heteroatoms. The summed E-state index contributed by atoms with van der Waals surface area (Å²) in [6, 6.07) is 19.0. The van der Waals surface area contributed by atoms with Gasteiger partial charge in [-0.25, -0.2) is 4.79 Å². The molecule has 2 aromatic carbocycles. The number of benzene rings is 2. The maximum atomic E-state index is 11.2. The van der Waals surface area contributed by atoms with Crippen LogP contribution in [0, 0.1) is 0 Å². The number of hydrogen-bond acceptors (Lipinski definition) is 3. The fourth-order valence-electron chi connectivity index (χ4n) is 2.02. The largest absolute Gasteiger partial charge is 0.494 e. The maximum Gasteiger partial charge on any atom is 0.332 e. The minimum absolute atomic E-state index is 0.303. The molecule has 0 saturated carbocycles. The smallest absolute Gasteiger partial charge is 0.332 e. The van der Waals surface area contributed by atoms with Crippen molar-refractivity contribution < 1.29 is 19.4 Å². The van der Waals surface area contributed by atoms with Gasteiger partial charge in [0.05, 0.1) is 13.2 Å². The number of aliphatic carboxylic acids is 1. The van der Waals surface area contributed by atoms with Crippen molar-refractivity contribution in [3.8, 4) is 5.75 Å². The third-order valence-corrected chi connectivity index (χ3v) is 3.19. The van der Waals surface area contributed by atoms with Gasteiger partial charge in [0, 0.05) is 0 Å². The van der Waals surface area contributed by atoms with Crippen LogP contribution in [-0.4, -0.2) is 23.8 Å². The third-order valence-electron chi connectivity index (χ3n) is 3.19. The van der Waals surface area contributed by atoms with E-state index < -0.39 is 12.1 Å². The van der Waals surface area contributed by atoms with Crippen molar-refractivity contribution >= 4 is 5.97 Å². The molecule has 0 amide bonds. The molecular weight excluding hydrogens is 280 g/mol. The normalized spacial score (nSPS) is 11.8. The minimum atomic E-state index is -0.935. The molecule has 1 unspecified atom stereocenters. The summed E-state index contributed by atoms with van der Waals surface area (Å²) < 4.78 is 11.0. The summed E-state index contributed by atoms with van der Waals surface area (Å²) in [4.78, 5) is 11.2. The maximum absolute atomic E-state index is 11.2. The zero-order chi connectivity index (χ0) is 15.6. The van der Waals surface area contributed by atoms with Crippen LogP contribution in [0.25, 0.3) is 0 Å². The first kappa shape index (κ1) is 16.0. The summed E-state index contributed by atoms with van der Waals surface area (Å²) in [5.74, 6) is -0.143. The molecule has 0 aliphatic heterocycles. The van der Waals surface area contributed by atoms with E-state index >= 15 is 0 Å². The molecule has 1 atom stereocenters. The molecule has 0 spiro atoms. The van der Waals surface area contributed by atoms with E-state index in [0.717, 1.165) is 11.3 Å². The van der Waals surface area contributed by atoms with Crippen LogP contribution in [-0.2, 0) is 16.1 Å². The number of rotatable bonds is 9. The van der Waals surface area contributed by atoms with E-state index in [1.807, 2.05) is 60.7 Å². The van der Waals surface area contributed by atoms with Crippen LogP contribution in [0.2, 0.25) is 0 Å². The topological polar surface area (TPSA) is 55.8 Å². The molecule has 0 saturated heterocycles. The lowest BCUT2D eigenvalue weighted by atomic mass is 10.2.